The second-order valence-electron chi connectivity index (χ2n) is 5.33. The summed E-state index contributed by atoms with van der Waals surface area (Å²) in [5, 5.41) is 14.0. The highest BCUT2D eigenvalue weighted by atomic mass is 16.1. The maximum Gasteiger partial charge on any atom is 0.251 e. The van der Waals surface area contributed by atoms with Crippen LogP contribution < -0.4 is 5.32 Å². The molecule has 2 aromatic rings. The van der Waals surface area contributed by atoms with E-state index in [1.54, 1.807) is 12.1 Å². The van der Waals surface area contributed by atoms with Crippen LogP contribution in [0.4, 0.5) is 0 Å². The standard InChI is InChI=1S/C16H23N5O/c1-2-3-4-5-6-7-11-17-16(22)14-9-8-10-15(12-14)21-13-18-19-20-21/h8-10,12-13H,2-7,11H2,1H3,(H,17,22). The van der Waals surface area contributed by atoms with Crippen LogP contribution in [0.5, 0.6) is 0 Å². The van der Waals surface area contributed by atoms with Crippen LogP contribution in [0.2, 0.25) is 0 Å². The van der Waals surface area contributed by atoms with E-state index < -0.39 is 0 Å². The summed E-state index contributed by atoms with van der Waals surface area (Å²) in [6, 6.07) is 7.27. The number of carbonyl (C=O) groups excluding carboxylic acids is 1. The molecular weight excluding hydrogens is 278 g/mol. The highest BCUT2D eigenvalue weighted by Crippen LogP contribution is 2.09. The Morgan fingerprint density at radius 3 is 2.77 bits per heavy atom. The number of unbranched alkanes of at least 4 members (excludes halogenated alkanes) is 5. The third kappa shape index (κ3) is 4.95. The van der Waals surface area contributed by atoms with Crippen LogP contribution in [0.3, 0.4) is 0 Å². The van der Waals surface area contributed by atoms with E-state index in [0.29, 0.717) is 5.56 Å². The first kappa shape index (κ1) is 16.1. The largest absolute Gasteiger partial charge is 0.352 e. The molecule has 0 spiro atoms. The first-order valence-electron chi connectivity index (χ1n) is 7.93. The summed E-state index contributed by atoms with van der Waals surface area (Å²) < 4.78 is 1.53. The van der Waals surface area contributed by atoms with Crippen molar-refractivity contribution in [2.75, 3.05) is 6.54 Å². The van der Waals surface area contributed by atoms with Crippen LogP contribution in [-0.2, 0) is 0 Å². The van der Waals surface area contributed by atoms with Gasteiger partial charge in [-0.25, -0.2) is 4.68 Å². The molecule has 0 aliphatic carbocycles. The number of tetrazole rings is 1. The molecule has 1 N–H and O–H groups in total. The van der Waals surface area contributed by atoms with Gasteiger partial charge in [0.15, 0.2) is 0 Å². The predicted octanol–water partition coefficient (Wildman–Crippen LogP) is 2.75. The van der Waals surface area contributed by atoms with Crippen molar-refractivity contribution in [3.63, 3.8) is 0 Å². The normalized spacial score (nSPS) is 10.6. The summed E-state index contributed by atoms with van der Waals surface area (Å²) in [4.78, 5) is 12.1. The molecule has 0 bridgehead atoms. The Bertz CT molecular complexity index is 568. The van der Waals surface area contributed by atoms with Crippen molar-refractivity contribution in [2.45, 2.75) is 45.4 Å². The van der Waals surface area contributed by atoms with Crippen LogP contribution in [0.15, 0.2) is 30.6 Å². The third-order valence-corrected chi connectivity index (χ3v) is 3.54. The predicted molar refractivity (Wildman–Crippen MR) is 84.9 cm³/mol. The zero-order valence-corrected chi connectivity index (χ0v) is 13.0. The van der Waals surface area contributed by atoms with Gasteiger partial charge in [0.05, 0.1) is 5.69 Å². The van der Waals surface area contributed by atoms with Gasteiger partial charge in [-0.1, -0.05) is 45.1 Å². The molecule has 0 fully saturated rings. The summed E-state index contributed by atoms with van der Waals surface area (Å²) in [5.74, 6) is -0.0523. The van der Waals surface area contributed by atoms with Crippen molar-refractivity contribution in [3.8, 4) is 5.69 Å². The Labute approximate surface area is 130 Å². The molecule has 0 unspecified atom stereocenters. The van der Waals surface area contributed by atoms with Gasteiger partial charge in [-0.3, -0.25) is 4.79 Å². The minimum absolute atomic E-state index is 0.0523. The monoisotopic (exact) mass is 301 g/mol. The van der Waals surface area contributed by atoms with E-state index in [0.717, 1.165) is 18.7 Å². The lowest BCUT2D eigenvalue weighted by molar-refractivity contribution is 0.0953. The SMILES string of the molecule is CCCCCCCCNC(=O)c1cccc(-n2cnnn2)c1. The van der Waals surface area contributed by atoms with Gasteiger partial charge < -0.3 is 5.32 Å². The summed E-state index contributed by atoms with van der Waals surface area (Å²) >= 11 is 0. The third-order valence-electron chi connectivity index (χ3n) is 3.54. The number of benzene rings is 1. The van der Waals surface area contributed by atoms with E-state index in [1.807, 2.05) is 12.1 Å². The molecule has 0 aliphatic rings. The average Bonchev–Trinajstić information content (AvgIpc) is 3.08. The van der Waals surface area contributed by atoms with Crippen LogP contribution in [-0.4, -0.2) is 32.7 Å². The van der Waals surface area contributed by atoms with Crippen molar-refractivity contribution in [1.29, 1.82) is 0 Å². The van der Waals surface area contributed by atoms with Crippen molar-refractivity contribution in [1.82, 2.24) is 25.5 Å². The Hall–Kier alpha value is -2.24. The summed E-state index contributed by atoms with van der Waals surface area (Å²) in [6.45, 7) is 2.93. The van der Waals surface area contributed by atoms with Gasteiger partial charge >= 0.3 is 0 Å². The maximum absolute atomic E-state index is 12.1. The molecule has 0 saturated heterocycles. The Kier molecular flexibility index (Phi) is 6.54. The fourth-order valence-corrected chi connectivity index (χ4v) is 2.28. The summed E-state index contributed by atoms with van der Waals surface area (Å²) in [5.41, 5.74) is 1.40. The quantitative estimate of drug-likeness (QED) is 0.723. The van der Waals surface area contributed by atoms with Crippen molar-refractivity contribution < 1.29 is 4.79 Å². The molecule has 6 nitrogen and oxygen atoms in total. The van der Waals surface area contributed by atoms with Crippen LogP contribution in [0.25, 0.3) is 5.69 Å². The minimum atomic E-state index is -0.0523. The van der Waals surface area contributed by atoms with Gasteiger partial charge in [-0.2, -0.15) is 0 Å². The first-order valence-corrected chi connectivity index (χ1v) is 7.93. The number of aromatic nitrogens is 4. The Balaban J connectivity index is 1.77. The zero-order chi connectivity index (χ0) is 15.6. The summed E-state index contributed by atoms with van der Waals surface area (Å²) in [7, 11) is 0. The van der Waals surface area contributed by atoms with E-state index in [1.165, 1.54) is 43.1 Å². The van der Waals surface area contributed by atoms with Crippen molar-refractivity contribution >= 4 is 5.91 Å². The van der Waals surface area contributed by atoms with E-state index in [2.05, 4.69) is 27.8 Å². The minimum Gasteiger partial charge on any atom is -0.352 e. The maximum atomic E-state index is 12.1. The molecule has 1 aromatic carbocycles. The molecule has 0 aliphatic heterocycles. The first-order chi connectivity index (χ1) is 10.8. The van der Waals surface area contributed by atoms with Gasteiger partial charge in [0.2, 0.25) is 0 Å². The highest BCUT2D eigenvalue weighted by Gasteiger charge is 2.06. The molecule has 1 aromatic heterocycles. The van der Waals surface area contributed by atoms with Gasteiger partial charge in [-0.05, 0) is 35.0 Å². The molecule has 1 heterocycles. The molecule has 6 heteroatoms. The second-order valence-corrected chi connectivity index (χ2v) is 5.33. The number of nitrogens with zero attached hydrogens (tertiary/aromatic N) is 4. The molecule has 118 valence electrons. The van der Waals surface area contributed by atoms with Crippen LogP contribution in [0.1, 0.15) is 55.8 Å². The molecule has 22 heavy (non-hydrogen) atoms. The van der Waals surface area contributed by atoms with E-state index in [9.17, 15) is 4.79 Å². The van der Waals surface area contributed by atoms with Crippen LogP contribution >= 0.6 is 0 Å². The fourth-order valence-electron chi connectivity index (χ4n) is 2.28. The highest BCUT2D eigenvalue weighted by molar-refractivity contribution is 5.94. The summed E-state index contributed by atoms with van der Waals surface area (Å²) in [6.07, 6.45) is 8.81. The van der Waals surface area contributed by atoms with E-state index in [4.69, 9.17) is 0 Å². The molecule has 0 radical (unpaired) electrons. The van der Waals surface area contributed by atoms with Gasteiger partial charge in [-0.15, -0.1) is 5.10 Å². The Morgan fingerprint density at radius 2 is 2.00 bits per heavy atom. The van der Waals surface area contributed by atoms with Crippen molar-refractivity contribution in [3.05, 3.63) is 36.2 Å². The lowest BCUT2D eigenvalue weighted by Gasteiger charge is -2.06. The molecule has 0 atom stereocenters. The van der Waals surface area contributed by atoms with Crippen molar-refractivity contribution in [2.24, 2.45) is 0 Å². The van der Waals surface area contributed by atoms with Gasteiger partial charge in [0.25, 0.3) is 5.91 Å². The molecular formula is C16H23N5O. The molecule has 0 saturated carbocycles. The topological polar surface area (TPSA) is 72.7 Å². The fraction of sp³-hybridized carbons (Fsp3) is 0.500. The lowest BCUT2D eigenvalue weighted by atomic mass is 10.1. The van der Waals surface area contributed by atoms with Gasteiger partial charge in [0.1, 0.15) is 6.33 Å². The average molecular weight is 301 g/mol. The number of amides is 1. The zero-order valence-electron chi connectivity index (χ0n) is 13.0. The number of rotatable bonds is 9. The van der Waals surface area contributed by atoms with E-state index in [-0.39, 0.29) is 5.91 Å². The smallest absolute Gasteiger partial charge is 0.251 e. The second kappa shape index (κ2) is 8.92. The number of nitrogens with one attached hydrogen (secondary N) is 1. The molecule has 2 rings (SSSR count). The van der Waals surface area contributed by atoms with E-state index >= 15 is 0 Å². The number of hydrogen-bond acceptors (Lipinski definition) is 4. The van der Waals surface area contributed by atoms with Gasteiger partial charge in [0, 0.05) is 12.1 Å². The Morgan fingerprint density at radius 1 is 1.18 bits per heavy atom. The van der Waals surface area contributed by atoms with Crippen LogP contribution in [0, 0.1) is 0 Å². The molecule has 1 amide bonds. The lowest BCUT2D eigenvalue weighted by Crippen LogP contribution is -2.24. The number of carbonyl (C=O) groups is 1. The number of hydrogen-bond donors (Lipinski definition) is 1.